The standard InChI is InChI=1S/C13H14N2O3/c1-7(2)9-6-8(3)15(13(9)18)10-4-5-11(16)14-12(10)17/h6,10H,1,3-5H2,2H3,(H,14,16,17). The van der Waals surface area contributed by atoms with Gasteiger partial charge in [-0.15, -0.1) is 0 Å². The van der Waals surface area contributed by atoms with Gasteiger partial charge in [0, 0.05) is 17.7 Å². The smallest absolute Gasteiger partial charge is 0.259 e. The zero-order chi connectivity index (χ0) is 13.4. The number of hydrogen-bond acceptors (Lipinski definition) is 3. The number of allylic oxidation sites excluding steroid dienone is 1. The molecule has 5 heteroatoms. The highest BCUT2D eigenvalue weighted by Crippen LogP contribution is 2.29. The Kier molecular flexibility index (Phi) is 2.90. The lowest BCUT2D eigenvalue weighted by Crippen LogP contribution is -2.52. The number of nitrogens with one attached hydrogen (secondary N) is 1. The molecule has 0 radical (unpaired) electrons. The van der Waals surface area contributed by atoms with Gasteiger partial charge in [0.25, 0.3) is 5.91 Å². The lowest BCUT2D eigenvalue weighted by atomic mass is 10.0. The minimum absolute atomic E-state index is 0.232. The summed E-state index contributed by atoms with van der Waals surface area (Å²) in [5.74, 6) is -1.03. The van der Waals surface area contributed by atoms with Gasteiger partial charge in [-0.05, 0) is 25.0 Å². The summed E-state index contributed by atoms with van der Waals surface area (Å²) in [6.07, 6.45) is 2.18. The molecule has 1 atom stereocenters. The predicted molar refractivity (Wildman–Crippen MR) is 65.1 cm³/mol. The highest BCUT2D eigenvalue weighted by Gasteiger charge is 2.39. The second-order valence-electron chi connectivity index (χ2n) is 4.47. The molecule has 0 aromatic carbocycles. The van der Waals surface area contributed by atoms with Crippen molar-refractivity contribution >= 4 is 17.7 Å². The summed E-state index contributed by atoms with van der Waals surface area (Å²) < 4.78 is 0. The predicted octanol–water partition coefficient (Wildman–Crippen LogP) is 0.650. The van der Waals surface area contributed by atoms with Gasteiger partial charge in [-0.3, -0.25) is 24.6 Å². The van der Waals surface area contributed by atoms with Crippen LogP contribution in [0, 0.1) is 0 Å². The number of imide groups is 1. The second-order valence-corrected chi connectivity index (χ2v) is 4.47. The molecule has 0 aromatic heterocycles. The number of carbonyl (C=O) groups excluding carboxylic acids is 3. The van der Waals surface area contributed by atoms with Crippen molar-refractivity contribution in [1.29, 1.82) is 0 Å². The molecule has 0 aliphatic carbocycles. The Labute approximate surface area is 105 Å². The van der Waals surface area contributed by atoms with E-state index in [-0.39, 0.29) is 18.2 Å². The Bertz CT molecular complexity index is 516. The molecule has 5 nitrogen and oxygen atoms in total. The third kappa shape index (κ3) is 1.88. The minimum Gasteiger partial charge on any atom is -0.296 e. The van der Waals surface area contributed by atoms with Crippen LogP contribution in [-0.4, -0.2) is 28.7 Å². The van der Waals surface area contributed by atoms with Crippen LogP contribution in [0.3, 0.4) is 0 Å². The van der Waals surface area contributed by atoms with Crippen LogP contribution >= 0.6 is 0 Å². The SMILES string of the molecule is C=C(C)C1=CC(=C)N(C2CCC(=O)NC2=O)C1=O. The largest absolute Gasteiger partial charge is 0.296 e. The van der Waals surface area contributed by atoms with E-state index in [4.69, 9.17) is 0 Å². The maximum Gasteiger partial charge on any atom is 0.259 e. The Hall–Kier alpha value is -2.17. The van der Waals surface area contributed by atoms with Gasteiger partial charge in [0.05, 0.1) is 0 Å². The molecule has 0 aromatic rings. The van der Waals surface area contributed by atoms with Crippen LogP contribution < -0.4 is 5.32 Å². The highest BCUT2D eigenvalue weighted by atomic mass is 16.2. The van der Waals surface area contributed by atoms with Crippen molar-refractivity contribution < 1.29 is 14.4 Å². The molecule has 1 fully saturated rings. The fourth-order valence-corrected chi connectivity index (χ4v) is 2.13. The summed E-state index contributed by atoms with van der Waals surface area (Å²) in [6, 6.07) is -0.657. The van der Waals surface area contributed by atoms with Gasteiger partial charge in [-0.1, -0.05) is 13.2 Å². The normalized spacial score (nSPS) is 24.2. The van der Waals surface area contributed by atoms with Crippen LogP contribution in [0.4, 0.5) is 0 Å². The van der Waals surface area contributed by atoms with Crippen molar-refractivity contribution in [3.63, 3.8) is 0 Å². The summed E-state index contributed by atoms with van der Waals surface area (Å²) >= 11 is 0. The van der Waals surface area contributed by atoms with Gasteiger partial charge in [0.2, 0.25) is 11.8 Å². The first-order valence-corrected chi connectivity index (χ1v) is 5.65. The zero-order valence-electron chi connectivity index (χ0n) is 10.2. The average Bonchev–Trinajstić information content (AvgIpc) is 2.56. The Morgan fingerprint density at radius 2 is 2.11 bits per heavy atom. The monoisotopic (exact) mass is 246 g/mol. The number of amides is 3. The van der Waals surface area contributed by atoms with Crippen molar-refractivity contribution in [2.24, 2.45) is 0 Å². The van der Waals surface area contributed by atoms with Gasteiger partial charge < -0.3 is 0 Å². The van der Waals surface area contributed by atoms with Gasteiger partial charge in [0.1, 0.15) is 6.04 Å². The molecule has 1 unspecified atom stereocenters. The minimum atomic E-state index is -0.657. The van der Waals surface area contributed by atoms with Crippen LogP contribution in [0.25, 0.3) is 0 Å². The number of piperidine rings is 1. The number of nitrogens with zero attached hydrogens (tertiary/aromatic N) is 1. The summed E-state index contributed by atoms with van der Waals surface area (Å²) in [4.78, 5) is 36.3. The third-order valence-corrected chi connectivity index (χ3v) is 3.05. The highest BCUT2D eigenvalue weighted by molar-refractivity contribution is 6.07. The molecular weight excluding hydrogens is 232 g/mol. The summed E-state index contributed by atoms with van der Waals surface area (Å²) in [7, 11) is 0. The Morgan fingerprint density at radius 3 is 2.61 bits per heavy atom. The van der Waals surface area contributed by atoms with Gasteiger partial charge >= 0.3 is 0 Å². The molecular formula is C13H14N2O3. The van der Waals surface area contributed by atoms with Crippen molar-refractivity contribution in [3.8, 4) is 0 Å². The van der Waals surface area contributed by atoms with E-state index in [9.17, 15) is 14.4 Å². The number of rotatable bonds is 2. The van der Waals surface area contributed by atoms with Crippen molar-refractivity contribution in [1.82, 2.24) is 10.2 Å². The van der Waals surface area contributed by atoms with Crippen LogP contribution in [0.15, 0.2) is 36.1 Å². The summed E-state index contributed by atoms with van der Waals surface area (Å²) in [5.41, 5.74) is 1.56. The third-order valence-electron chi connectivity index (χ3n) is 3.05. The lowest BCUT2D eigenvalue weighted by Gasteiger charge is -2.30. The van der Waals surface area contributed by atoms with E-state index in [2.05, 4.69) is 18.5 Å². The van der Waals surface area contributed by atoms with Crippen LogP contribution in [0.5, 0.6) is 0 Å². The molecule has 2 aliphatic heterocycles. The lowest BCUT2D eigenvalue weighted by molar-refractivity contribution is -0.141. The molecule has 0 saturated carbocycles. The fraction of sp³-hybridized carbons (Fsp3) is 0.308. The van der Waals surface area contributed by atoms with E-state index in [1.165, 1.54) is 4.90 Å². The molecule has 3 amide bonds. The van der Waals surface area contributed by atoms with Crippen LogP contribution in [-0.2, 0) is 14.4 Å². The second kappa shape index (κ2) is 4.25. The van der Waals surface area contributed by atoms with E-state index < -0.39 is 11.9 Å². The van der Waals surface area contributed by atoms with E-state index >= 15 is 0 Å². The maximum absolute atomic E-state index is 12.2. The molecule has 2 aliphatic rings. The van der Waals surface area contributed by atoms with Crippen molar-refractivity contribution in [2.45, 2.75) is 25.8 Å². The quantitative estimate of drug-likeness (QED) is 0.727. The molecule has 0 bridgehead atoms. The van der Waals surface area contributed by atoms with Crippen LogP contribution in [0.2, 0.25) is 0 Å². The summed E-state index contributed by atoms with van der Waals surface area (Å²) in [6.45, 7) is 9.22. The molecule has 1 saturated heterocycles. The Balaban J connectivity index is 2.24. The first kappa shape index (κ1) is 12.3. The van der Waals surface area contributed by atoms with Gasteiger partial charge in [-0.2, -0.15) is 0 Å². The fourth-order valence-electron chi connectivity index (χ4n) is 2.13. The van der Waals surface area contributed by atoms with E-state index in [0.717, 1.165) is 0 Å². The number of carbonyl (C=O) groups is 3. The average molecular weight is 246 g/mol. The molecule has 1 N–H and O–H groups in total. The first-order valence-electron chi connectivity index (χ1n) is 5.65. The topological polar surface area (TPSA) is 66.5 Å². The maximum atomic E-state index is 12.2. The van der Waals surface area contributed by atoms with Crippen LogP contribution in [0.1, 0.15) is 19.8 Å². The van der Waals surface area contributed by atoms with Gasteiger partial charge in [-0.25, -0.2) is 0 Å². The summed E-state index contributed by atoms with van der Waals surface area (Å²) in [5, 5.41) is 2.23. The van der Waals surface area contributed by atoms with E-state index in [0.29, 0.717) is 23.3 Å². The van der Waals surface area contributed by atoms with Crippen molar-refractivity contribution in [2.75, 3.05) is 0 Å². The molecule has 2 heterocycles. The van der Waals surface area contributed by atoms with Gasteiger partial charge in [0.15, 0.2) is 0 Å². The molecule has 2 rings (SSSR count). The number of hydrogen-bond donors (Lipinski definition) is 1. The van der Waals surface area contributed by atoms with Crippen molar-refractivity contribution in [3.05, 3.63) is 36.1 Å². The molecule has 18 heavy (non-hydrogen) atoms. The van der Waals surface area contributed by atoms with E-state index in [1.54, 1.807) is 13.0 Å². The zero-order valence-corrected chi connectivity index (χ0v) is 10.2. The van der Waals surface area contributed by atoms with E-state index in [1.807, 2.05) is 0 Å². The molecule has 94 valence electrons. The Morgan fingerprint density at radius 1 is 1.44 bits per heavy atom. The first-order chi connectivity index (χ1) is 8.41. The molecule has 0 spiro atoms.